The van der Waals surface area contributed by atoms with Crippen molar-refractivity contribution in [2.24, 2.45) is 0 Å². The van der Waals surface area contributed by atoms with Crippen molar-refractivity contribution in [3.63, 3.8) is 0 Å². The van der Waals surface area contributed by atoms with E-state index in [1.165, 1.54) is 6.92 Å². The van der Waals surface area contributed by atoms with Gasteiger partial charge in [0, 0.05) is 0 Å². The maximum absolute atomic E-state index is 12.0. The van der Waals surface area contributed by atoms with Crippen LogP contribution >= 0.6 is 11.8 Å². The van der Waals surface area contributed by atoms with Crippen molar-refractivity contribution in [3.05, 3.63) is 26.2 Å². The molecule has 0 radical (unpaired) electrons. The molecule has 1 rings (SSSR count). The van der Waals surface area contributed by atoms with E-state index in [4.69, 9.17) is 4.74 Å². The summed E-state index contributed by atoms with van der Waals surface area (Å²) in [6, 6.07) is 0. The zero-order valence-corrected chi connectivity index (χ0v) is 11.5. The van der Waals surface area contributed by atoms with Crippen molar-refractivity contribution in [3.8, 4) is 0 Å². The molecule has 0 bridgehead atoms. The van der Waals surface area contributed by atoms with Gasteiger partial charge in [0.1, 0.15) is 12.2 Å². The third-order valence-electron chi connectivity index (χ3n) is 2.24. The van der Waals surface area contributed by atoms with Gasteiger partial charge in [0.15, 0.2) is 5.16 Å². The van der Waals surface area contributed by atoms with Crippen LogP contribution in [0, 0.1) is 17.0 Å². The van der Waals surface area contributed by atoms with Crippen LogP contribution in [0.2, 0.25) is 0 Å². The standard InChI is InChI=1S/C10H13N3O5S/c1-4-18-7(14)5-12-9(15)8(13(16)17)6(2)11-10(12)19-3/h4-5H2,1-3H3. The first-order chi connectivity index (χ1) is 8.92. The zero-order chi connectivity index (χ0) is 14.6. The third kappa shape index (κ3) is 3.31. The molecule has 0 atom stereocenters. The normalized spacial score (nSPS) is 10.3. The van der Waals surface area contributed by atoms with Gasteiger partial charge in [-0.05, 0) is 20.1 Å². The Morgan fingerprint density at radius 1 is 1.58 bits per heavy atom. The van der Waals surface area contributed by atoms with Gasteiger partial charge in [0.2, 0.25) is 0 Å². The molecule has 9 heteroatoms. The summed E-state index contributed by atoms with van der Waals surface area (Å²) < 4.78 is 5.68. The number of carbonyl (C=O) groups excluding carboxylic acids is 1. The summed E-state index contributed by atoms with van der Waals surface area (Å²) in [5, 5.41) is 11.1. The predicted octanol–water partition coefficient (Wildman–Crippen LogP) is 0.745. The topological polar surface area (TPSA) is 104 Å². The molecule has 1 aromatic rings. The molecule has 1 heterocycles. The number of hydrogen-bond acceptors (Lipinski definition) is 7. The fraction of sp³-hybridized carbons (Fsp3) is 0.500. The number of rotatable bonds is 5. The number of aromatic nitrogens is 2. The summed E-state index contributed by atoms with van der Waals surface area (Å²) in [6.07, 6.45) is 1.66. The monoisotopic (exact) mass is 287 g/mol. The lowest BCUT2D eigenvalue weighted by atomic mass is 10.4. The maximum Gasteiger partial charge on any atom is 0.355 e. The minimum Gasteiger partial charge on any atom is -0.465 e. The van der Waals surface area contributed by atoms with Gasteiger partial charge in [0.05, 0.1) is 11.5 Å². The van der Waals surface area contributed by atoms with Crippen LogP contribution in [0.15, 0.2) is 9.95 Å². The van der Waals surface area contributed by atoms with Gasteiger partial charge in [-0.3, -0.25) is 24.3 Å². The van der Waals surface area contributed by atoms with Gasteiger partial charge in [-0.25, -0.2) is 4.98 Å². The number of ether oxygens (including phenoxy) is 1. The second-order valence-electron chi connectivity index (χ2n) is 3.49. The first kappa shape index (κ1) is 15.2. The van der Waals surface area contributed by atoms with Crippen molar-refractivity contribution in [1.29, 1.82) is 0 Å². The van der Waals surface area contributed by atoms with E-state index in [2.05, 4.69) is 4.98 Å². The number of carbonyl (C=O) groups is 1. The molecule has 0 aliphatic heterocycles. The lowest BCUT2D eigenvalue weighted by Gasteiger charge is -2.10. The van der Waals surface area contributed by atoms with E-state index in [1.807, 2.05) is 0 Å². The molecule has 0 fully saturated rings. The summed E-state index contributed by atoms with van der Waals surface area (Å²) >= 11 is 1.13. The first-order valence-corrected chi connectivity index (χ1v) is 6.60. The van der Waals surface area contributed by atoms with E-state index >= 15 is 0 Å². The van der Waals surface area contributed by atoms with Crippen LogP contribution in [-0.4, -0.2) is 33.3 Å². The van der Waals surface area contributed by atoms with Crippen molar-refractivity contribution in [2.75, 3.05) is 12.9 Å². The second-order valence-corrected chi connectivity index (χ2v) is 4.26. The van der Waals surface area contributed by atoms with Crippen LogP contribution in [0.5, 0.6) is 0 Å². The predicted molar refractivity (Wildman–Crippen MR) is 68.3 cm³/mol. The Morgan fingerprint density at radius 2 is 2.21 bits per heavy atom. The molecule has 0 saturated carbocycles. The highest BCUT2D eigenvalue weighted by Gasteiger charge is 2.24. The molecule has 0 aliphatic rings. The maximum atomic E-state index is 12.0. The number of nitrogens with zero attached hydrogens (tertiary/aromatic N) is 3. The summed E-state index contributed by atoms with van der Waals surface area (Å²) in [4.78, 5) is 37.4. The summed E-state index contributed by atoms with van der Waals surface area (Å²) in [6.45, 7) is 2.79. The van der Waals surface area contributed by atoms with Crippen LogP contribution in [0.1, 0.15) is 12.6 Å². The van der Waals surface area contributed by atoms with Gasteiger partial charge in [-0.1, -0.05) is 11.8 Å². The molecule has 0 unspecified atom stereocenters. The Bertz CT molecular complexity index is 569. The van der Waals surface area contributed by atoms with Crippen LogP contribution in [-0.2, 0) is 16.1 Å². The van der Waals surface area contributed by atoms with E-state index < -0.39 is 28.7 Å². The largest absolute Gasteiger partial charge is 0.465 e. The number of hydrogen-bond donors (Lipinski definition) is 0. The number of nitro groups is 1. The van der Waals surface area contributed by atoms with Gasteiger partial charge in [-0.2, -0.15) is 0 Å². The lowest BCUT2D eigenvalue weighted by molar-refractivity contribution is -0.387. The molecular weight excluding hydrogens is 274 g/mol. The molecule has 0 aliphatic carbocycles. The Balaban J connectivity index is 3.36. The Morgan fingerprint density at radius 3 is 2.68 bits per heavy atom. The third-order valence-corrected chi connectivity index (χ3v) is 2.92. The number of thioether (sulfide) groups is 1. The van der Waals surface area contributed by atoms with E-state index in [1.54, 1.807) is 13.2 Å². The van der Waals surface area contributed by atoms with E-state index in [9.17, 15) is 19.7 Å². The smallest absolute Gasteiger partial charge is 0.355 e. The highest BCUT2D eigenvalue weighted by atomic mass is 32.2. The molecule has 19 heavy (non-hydrogen) atoms. The average molecular weight is 287 g/mol. The van der Waals surface area contributed by atoms with Crippen molar-refractivity contribution < 1.29 is 14.5 Å². The number of esters is 1. The minimum atomic E-state index is -0.852. The van der Waals surface area contributed by atoms with Crippen LogP contribution in [0.25, 0.3) is 0 Å². The second kappa shape index (κ2) is 6.32. The quantitative estimate of drug-likeness (QED) is 0.258. The Hall–Kier alpha value is -1.90. The lowest BCUT2D eigenvalue weighted by Crippen LogP contribution is -2.30. The molecule has 0 amide bonds. The van der Waals surface area contributed by atoms with E-state index in [0.29, 0.717) is 0 Å². The SMILES string of the molecule is CCOC(=O)Cn1c(SC)nc(C)c([N+](=O)[O-])c1=O. The van der Waals surface area contributed by atoms with Crippen molar-refractivity contribution >= 4 is 23.4 Å². The summed E-state index contributed by atoms with van der Waals surface area (Å²) in [5.41, 5.74) is -1.45. The fourth-order valence-corrected chi connectivity index (χ4v) is 2.06. The molecule has 0 spiro atoms. The fourth-order valence-electron chi connectivity index (χ4n) is 1.47. The van der Waals surface area contributed by atoms with E-state index in [0.717, 1.165) is 16.3 Å². The summed E-state index contributed by atoms with van der Waals surface area (Å²) in [5.74, 6) is -0.639. The summed E-state index contributed by atoms with van der Waals surface area (Å²) in [7, 11) is 0. The molecule has 104 valence electrons. The van der Waals surface area contributed by atoms with Gasteiger partial charge >= 0.3 is 17.2 Å². The van der Waals surface area contributed by atoms with Gasteiger partial charge < -0.3 is 4.74 Å². The molecular formula is C10H13N3O5S. The van der Waals surface area contributed by atoms with Crippen molar-refractivity contribution in [1.82, 2.24) is 9.55 Å². The average Bonchev–Trinajstić information content (AvgIpc) is 2.32. The molecule has 1 aromatic heterocycles. The minimum absolute atomic E-state index is 0.0273. The van der Waals surface area contributed by atoms with Crippen LogP contribution < -0.4 is 5.56 Å². The van der Waals surface area contributed by atoms with Gasteiger partial charge in [0.25, 0.3) is 0 Å². The van der Waals surface area contributed by atoms with Gasteiger partial charge in [-0.15, -0.1) is 0 Å². The first-order valence-electron chi connectivity index (χ1n) is 5.37. The molecule has 0 N–H and O–H groups in total. The number of aryl methyl sites for hydroxylation is 1. The van der Waals surface area contributed by atoms with Crippen LogP contribution in [0.3, 0.4) is 0 Å². The highest BCUT2D eigenvalue weighted by Crippen LogP contribution is 2.16. The van der Waals surface area contributed by atoms with Crippen LogP contribution in [0.4, 0.5) is 5.69 Å². The molecule has 0 saturated heterocycles. The molecule has 8 nitrogen and oxygen atoms in total. The zero-order valence-electron chi connectivity index (χ0n) is 10.7. The highest BCUT2D eigenvalue weighted by molar-refractivity contribution is 7.98. The Labute approximate surface area is 112 Å². The van der Waals surface area contributed by atoms with Crippen molar-refractivity contribution in [2.45, 2.75) is 25.5 Å². The van der Waals surface area contributed by atoms with E-state index in [-0.39, 0.29) is 17.5 Å². The molecule has 0 aromatic carbocycles. The Kier molecular flexibility index (Phi) is 5.04.